The van der Waals surface area contributed by atoms with Crippen LogP contribution in [-0.4, -0.2) is 11.7 Å². The number of nitrogens with zero attached hydrogens (tertiary/aromatic N) is 1. The average Bonchev–Trinajstić information content (AvgIpc) is 2.10. The van der Waals surface area contributed by atoms with Gasteiger partial charge in [0.2, 0.25) is 0 Å². The fourth-order valence-electron chi connectivity index (χ4n) is 0.993. The van der Waals surface area contributed by atoms with E-state index in [-0.39, 0.29) is 5.56 Å². The van der Waals surface area contributed by atoms with Crippen LogP contribution < -0.4 is 0 Å². The average molecular weight is 183 g/mol. The van der Waals surface area contributed by atoms with E-state index in [2.05, 4.69) is 0 Å². The fourth-order valence-corrected chi connectivity index (χ4v) is 0.993. The number of hydrogen-bond donors (Lipinski definition) is 1. The molecule has 1 N–H and O–H groups in total. The molecule has 1 unspecified atom stereocenters. The second-order valence-electron chi connectivity index (χ2n) is 2.53. The van der Waals surface area contributed by atoms with Crippen LogP contribution in [-0.2, 0) is 0 Å². The third-order valence-electron chi connectivity index (χ3n) is 1.68. The number of hydrogen-bond acceptors (Lipinski definition) is 2. The largest absolute Gasteiger partial charge is 0.395 e. The van der Waals surface area contributed by atoms with E-state index in [9.17, 15) is 8.78 Å². The summed E-state index contributed by atoms with van der Waals surface area (Å²) in [7, 11) is 0. The van der Waals surface area contributed by atoms with Gasteiger partial charge in [0.25, 0.3) is 0 Å². The lowest BCUT2D eigenvalue weighted by Gasteiger charge is -2.06. The molecule has 1 rings (SSSR count). The Kier molecular flexibility index (Phi) is 2.93. The lowest BCUT2D eigenvalue weighted by Crippen LogP contribution is -2.04. The molecule has 0 aliphatic heterocycles. The molecule has 2 nitrogen and oxygen atoms in total. The van der Waals surface area contributed by atoms with Crippen molar-refractivity contribution in [2.45, 2.75) is 5.92 Å². The van der Waals surface area contributed by atoms with E-state index in [1.807, 2.05) is 0 Å². The summed E-state index contributed by atoms with van der Waals surface area (Å²) in [4.78, 5) is 0. The number of halogens is 2. The van der Waals surface area contributed by atoms with Gasteiger partial charge < -0.3 is 5.11 Å². The minimum absolute atomic E-state index is 0.0198. The molecule has 0 aromatic heterocycles. The minimum atomic E-state index is -0.930. The first-order valence-electron chi connectivity index (χ1n) is 3.64. The molecule has 0 bridgehead atoms. The molecule has 0 spiro atoms. The topological polar surface area (TPSA) is 44.0 Å². The van der Waals surface area contributed by atoms with Crippen molar-refractivity contribution in [3.63, 3.8) is 0 Å². The van der Waals surface area contributed by atoms with Gasteiger partial charge in [0, 0.05) is 11.6 Å². The quantitative estimate of drug-likeness (QED) is 0.756. The summed E-state index contributed by atoms with van der Waals surface area (Å²) in [6.45, 7) is -0.473. The van der Waals surface area contributed by atoms with Crippen LogP contribution in [0.1, 0.15) is 11.5 Å². The maximum absolute atomic E-state index is 13.0. The minimum Gasteiger partial charge on any atom is -0.395 e. The molecule has 0 radical (unpaired) electrons. The second-order valence-corrected chi connectivity index (χ2v) is 2.53. The summed E-state index contributed by atoms with van der Waals surface area (Å²) in [5, 5.41) is 17.2. The zero-order chi connectivity index (χ0) is 9.84. The molecule has 0 saturated carbocycles. The Labute approximate surface area is 74.0 Å². The highest BCUT2D eigenvalue weighted by atomic mass is 19.1. The SMILES string of the molecule is N#CC(CO)c1ccc(F)cc1F. The normalized spacial score (nSPS) is 12.2. The standard InChI is InChI=1S/C9H7F2NO/c10-7-1-2-8(9(11)3-7)6(4-12)5-13/h1-3,6,13H,5H2. The fraction of sp³-hybridized carbons (Fsp3) is 0.222. The highest BCUT2D eigenvalue weighted by molar-refractivity contribution is 5.27. The number of benzene rings is 1. The van der Waals surface area contributed by atoms with Gasteiger partial charge in [0.1, 0.15) is 11.6 Å². The van der Waals surface area contributed by atoms with Crippen LogP contribution in [0.4, 0.5) is 8.78 Å². The van der Waals surface area contributed by atoms with Crippen molar-refractivity contribution in [1.82, 2.24) is 0 Å². The number of nitriles is 1. The van der Waals surface area contributed by atoms with Gasteiger partial charge in [-0.15, -0.1) is 0 Å². The molecule has 68 valence electrons. The summed E-state index contributed by atoms with van der Waals surface area (Å²) in [5.41, 5.74) is 0.0198. The van der Waals surface area contributed by atoms with Crippen molar-refractivity contribution >= 4 is 0 Å². The number of rotatable bonds is 2. The van der Waals surface area contributed by atoms with Crippen LogP contribution >= 0.6 is 0 Å². The third-order valence-corrected chi connectivity index (χ3v) is 1.68. The molecule has 4 heteroatoms. The van der Waals surface area contributed by atoms with E-state index >= 15 is 0 Å². The van der Waals surface area contributed by atoms with Crippen molar-refractivity contribution in [1.29, 1.82) is 5.26 Å². The number of aliphatic hydroxyl groups excluding tert-OH is 1. The predicted molar refractivity (Wildman–Crippen MR) is 41.8 cm³/mol. The smallest absolute Gasteiger partial charge is 0.130 e. The lowest BCUT2D eigenvalue weighted by atomic mass is 10.0. The van der Waals surface area contributed by atoms with Crippen molar-refractivity contribution in [2.24, 2.45) is 0 Å². The predicted octanol–water partition coefficient (Wildman–Crippen LogP) is 1.56. The van der Waals surface area contributed by atoms with E-state index in [0.29, 0.717) is 6.07 Å². The van der Waals surface area contributed by atoms with E-state index in [0.717, 1.165) is 12.1 Å². The van der Waals surface area contributed by atoms with Crippen molar-refractivity contribution in [3.8, 4) is 6.07 Å². The zero-order valence-electron chi connectivity index (χ0n) is 6.67. The van der Waals surface area contributed by atoms with Crippen LogP contribution in [0.5, 0.6) is 0 Å². The van der Waals surface area contributed by atoms with E-state index in [4.69, 9.17) is 10.4 Å². The third kappa shape index (κ3) is 2.01. The Hall–Kier alpha value is -1.47. The molecule has 1 atom stereocenters. The van der Waals surface area contributed by atoms with Crippen molar-refractivity contribution in [2.75, 3.05) is 6.61 Å². The van der Waals surface area contributed by atoms with Crippen molar-refractivity contribution in [3.05, 3.63) is 35.4 Å². The molecular formula is C9H7F2NO. The van der Waals surface area contributed by atoms with Crippen LogP contribution in [0, 0.1) is 23.0 Å². The van der Waals surface area contributed by atoms with Crippen LogP contribution in [0.2, 0.25) is 0 Å². The van der Waals surface area contributed by atoms with Gasteiger partial charge >= 0.3 is 0 Å². The summed E-state index contributed by atoms with van der Waals surface area (Å²) in [5.74, 6) is -2.43. The molecule has 1 aromatic carbocycles. The Bertz CT molecular complexity index is 346. The molecule has 0 saturated heterocycles. The van der Waals surface area contributed by atoms with Gasteiger partial charge in [-0.3, -0.25) is 0 Å². The molecule has 0 amide bonds. The van der Waals surface area contributed by atoms with Gasteiger partial charge in [-0.05, 0) is 6.07 Å². The first-order valence-corrected chi connectivity index (χ1v) is 3.64. The van der Waals surface area contributed by atoms with Crippen LogP contribution in [0.15, 0.2) is 18.2 Å². The highest BCUT2D eigenvalue weighted by Gasteiger charge is 2.14. The maximum Gasteiger partial charge on any atom is 0.130 e. The summed E-state index contributed by atoms with van der Waals surface area (Å²) in [6.07, 6.45) is 0. The van der Waals surface area contributed by atoms with Crippen LogP contribution in [0.25, 0.3) is 0 Å². The first kappa shape index (κ1) is 9.62. The first-order chi connectivity index (χ1) is 6.19. The van der Waals surface area contributed by atoms with Crippen molar-refractivity contribution < 1.29 is 13.9 Å². The maximum atomic E-state index is 13.0. The van der Waals surface area contributed by atoms with Gasteiger partial charge in [0.05, 0.1) is 18.6 Å². The summed E-state index contributed by atoms with van der Waals surface area (Å²) >= 11 is 0. The number of aliphatic hydroxyl groups is 1. The Morgan fingerprint density at radius 3 is 2.62 bits per heavy atom. The van der Waals surface area contributed by atoms with E-state index in [1.54, 1.807) is 6.07 Å². The molecule has 1 aromatic rings. The molecular weight excluding hydrogens is 176 g/mol. The van der Waals surface area contributed by atoms with E-state index < -0.39 is 24.2 Å². The molecule has 0 heterocycles. The monoisotopic (exact) mass is 183 g/mol. The van der Waals surface area contributed by atoms with Crippen LogP contribution in [0.3, 0.4) is 0 Å². The Morgan fingerprint density at radius 2 is 2.15 bits per heavy atom. The zero-order valence-corrected chi connectivity index (χ0v) is 6.67. The molecule has 0 aliphatic rings. The van der Waals surface area contributed by atoms with Gasteiger partial charge in [-0.25, -0.2) is 8.78 Å². The summed E-state index contributed by atoms with van der Waals surface area (Å²) in [6, 6.07) is 4.62. The van der Waals surface area contributed by atoms with E-state index in [1.165, 1.54) is 0 Å². The second kappa shape index (κ2) is 3.97. The molecule has 0 aliphatic carbocycles. The Morgan fingerprint density at radius 1 is 1.46 bits per heavy atom. The van der Waals surface area contributed by atoms with Gasteiger partial charge in [-0.1, -0.05) is 6.07 Å². The molecule has 13 heavy (non-hydrogen) atoms. The van der Waals surface area contributed by atoms with Gasteiger partial charge in [0.15, 0.2) is 0 Å². The Balaban J connectivity index is 3.09. The highest BCUT2D eigenvalue weighted by Crippen LogP contribution is 2.18. The lowest BCUT2D eigenvalue weighted by molar-refractivity contribution is 0.283. The van der Waals surface area contributed by atoms with Gasteiger partial charge in [-0.2, -0.15) is 5.26 Å². The molecule has 0 fully saturated rings. The summed E-state index contributed by atoms with van der Waals surface area (Å²) < 4.78 is 25.4.